The fourth-order valence-electron chi connectivity index (χ4n) is 3.77. The molecule has 0 fully saturated rings. The second kappa shape index (κ2) is 8.07. The summed E-state index contributed by atoms with van der Waals surface area (Å²) >= 11 is 0. The van der Waals surface area contributed by atoms with E-state index in [2.05, 4.69) is 10.3 Å². The number of benzene rings is 2. The predicted molar refractivity (Wildman–Crippen MR) is 120 cm³/mol. The van der Waals surface area contributed by atoms with Crippen molar-refractivity contribution in [2.24, 2.45) is 7.05 Å². The number of imidazole rings is 1. The molecule has 0 aliphatic carbocycles. The summed E-state index contributed by atoms with van der Waals surface area (Å²) in [6, 6.07) is 13.7. The van der Waals surface area contributed by atoms with E-state index in [1.165, 1.54) is 16.4 Å². The third-order valence-electron chi connectivity index (χ3n) is 5.42. The maximum Gasteiger partial charge on any atom is 0.264 e. The van der Waals surface area contributed by atoms with E-state index in [1.807, 2.05) is 54.9 Å². The number of nitrogens with one attached hydrogen (secondary N) is 1. The summed E-state index contributed by atoms with van der Waals surface area (Å²) < 4.78 is 29.8. The molecule has 0 saturated heterocycles. The number of nitrogens with zero attached hydrogens (tertiary/aromatic N) is 4. The highest BCUT2D eigenvalue weighted by molar-refractivity contribution is 7.92. The van der Waals surface area contributed by atoms with Crippen molar-refractivity contribution >= 4 is 27.6 Å². The summed E-state index contributed by atoms with van der Waals surface area (Å²) in [6.07, 6.45) is 2.39. The van der Waals surface area contributed by atoms with Crippen molar-refractivity contribution in [1.82, 2.24) is 14.9 Å². The van der Waals surface area contributed by atoms with E-state index in [1.54, 1.807) is 18.3 Å². The Morgan fingerprint density at radius 2 is 1.94 bits per heavy atom. The van der Waals surface area contributed by atoms with Crippen LogP contribution in [-0.4, -0.2) is 44.5 Å². The molecule has 1 aromatic heterocycles. The van der Waals surface area contributed by atoms with Gasteiger partial charge in [-0.15, -0.1) is 0 Å². The number of sulfonamides is 1. The number of para-hydroxylation sites is 1. The van der Waals surface area contributed by atoms with Crippen LogP contribution in [0.15, 0.2) is 59.6 Å². The predicted octanol–water partition coefficient (Wildman–Crippen LogP) is 2.17. The first-order chi connectivity index (χ1) is 14.8. The van der Waals surface area contributed by atoms with Gasteiger partial charge in [-0.25, -0.2) is 13.4 Å². The van der Waals surface area contributed by atoms with E-state index in [4.69, 9.17) is 0 Å². The average Bonchev–Trinajstić information content (AvgIpc) is 3.36. The van der Waals surface area contributed by atoms with Crippen molar-refractivity contribution < 1.29 is 13.2 Å². The number of carbonyl (C=O) groups is 1. The molecule has 0 saturated carbocycles. The van der Waals surface area contributed by atoms with Gasteiger partial charge >= 0.3 is 0 Å². The second-order valence-electron chi connectivity index (χ2n) is 7.67. The third kappa shape index (κ3) is 3.88. The van der Waals surface area contributed by atoms with Crippen LogP contribution in [0.25, 0.3) is 0 Å². The number of hydrogen-bond donors (Lipinski definition) is 1. The van der Waals surface area contributed by atoms with Gasteiger partial charge in [0.25, 0.3) is 15.9 Å². The van der Waals surface area contributed by atoms with Crippen LogP contribution in [0.1, 0.15) is 21.6 Å². The van der Waals surface area contributed by atoms with Gasteiger partial charge in [-0.3, -0.25) is 9.10 Å². The first-order valence-corrected chi connectivity index (χ1v) is 11.4. The summed E-state index contributed by atoms with van der Waals surface area (Å²) in [5.74, 6) is 0.440. The first kappa shape index (κ1) is 20.9. The highest BCUT2D eigenvalue weighted by Crippen LogP contribution is 2.32. The van der Waals surface area contributed by atoms with Crippen LogP contribution < -0.4 is 14.5 Å². The Kier molecular flexibility index (Phi) is 5.45. The maximum atomic E-state index is 13.2. The summed E-state index contributed by atoms with van der Waals surface area (Å²) in [7, 11) is 1.92. The number of anilines is 2. The molecule has 0 spiro atoms. The Labute approximate surface area is 182 Å². The van der Waals surface area contributed by atoms with Crippen LogP contribution >= 0.6 is 0 Å². The first-order valence-electron chi connectivity index (χ1n) is 9.96. The number of carbonyl (C=O) groups excluding carboxylic acids is 1. The van der Waals surface area contributed by atoms with Crippen molar-refractivity contribution in [1.29, 1.82) is 0 Å². The molecular weight excluding hydrogens is 414 g/mol. The lowest BCUT2D eigenvalue weighted by molar-refractivity contribution is 0.0950. The molecule has 0 radical (unpaired) electrons. The Balaban J connectivity index is 1.52. The van der Waals surface area contributed by atoms with Crippen molar-refractivity contribution in [2.75, 3.05) is 29.8 Å². The molecule has 1 aliphatic heterocycles. The molecule has 9 heteroatoms. The summed E-state index contributed by atoms with van der Waals surface area (Å²) in [5, 5.41) is 2.85. The molecule has 0 bridgehead atoms. The Bertz CT molecular complexity index is 1230. The summed E-state index contributed by atoms with van der Waals surface area (Å²) in [5.41, 5.74) is 2.84. The Morgan fingerprint density at radius 1 is 1.16 bits per heavy atom. The molecule has 2 aromatic carbocycles. The highest BCUT2D eigenvalue weighted by Gasteiger charge is 2.30. The maximum absolute atomic E-state index is 13.2. The second-order valence-corrected chi connectivity index (χ2v) is 9.53. The molecule has 1 aliphatic rings. The minimum Gasteiger partial charge on any atom is -0.348 e. The van der Waals surface area contributed by atoms with Gasteiger partial charge in [-0.2, -0.15) is 0 Å². The van der Waals surface area contributed by atoms with Crippen molar-refractivity contribution in [3.05, 3.63) is 71.5 Å². The molecule has 2 heterocycles. The molecule has 0 unspecified atom stereocenters. The zero-order valence-corrected chi connectivity index (χ0v) is 18.6. The van der Waals surface area contributed by atoms with Crippen molar-refractivity contribution in [2.45, 2.75) is 17.9 Å². The lowest BCUT2D eigenvalue weighted by Gasteiger charge is -2.20. The quantitative estimate of drug-likeness (QED) is 0.636. The zero-order valence-electron chi connectivity index (χ0n) is 17.7. The molecular formula is C22H25N5O3S. The van der Waals surface area contributed by atoms with E-state index >= 15 is 0 Å². The van der Waals surface area contributed by atoms with E-state index in [9.17, 15) is 13.2 Å². The number of amides is 1. The molecule has 4 rings (SSSR count). The van der Waals surface area contributed by atoms with Gasteiger partial charge in [-0.05, 0) is 36.2 Å². The number of rotatable bonds is 6. The van der Waals surface area contributed by atoms with Gasteiger partial charge in [0.1, 0.15) is 0 Å². The minimum absolute atomic E-state index is 0.104. The van der Waals surface area contributed by atoms with E-state index in [0.29, 0.717) is 24.2 Å². The van der Waals surface area contributed by atoms with Crippen LogP contribution in [0, 0.1) is 0 Å². The number of hydrogen-bond acceptors (Lipinski definition) is 5. The molecule has 8 nitrogen and oxygen atoms in total. The topological polar surface area (TPSA) is 87.5 Å². The standard InChI is InChI=1S/C22H25N5O3S/c1-25(2)22-24-15-18(26(22)3)14-23-21(28)17-8-6-9-19(13-17)31(29,30)27-12-11-16-7-4-5-10-20(16)27/h4-10,13,15H,11-12,14H2,1-3H3,(H,23,28). The smallest absolute Gasteiger partial charge is 0.264 e. The molecule has 1 N–H and O–H groups in total. The lowest BCUT2D eigenvalue weighted by atomic mass is 10.2. The zero-order chi connectivity index (χ0) is 22.2. The van der Waals surface area contributed by atoms with Gasteiger partial charge in [-0.1, -0.05) is 24.3 Å². The Hall–Kier alpha value is -3.33. The third-order valence-corrected chi connectivity index (χ3v) is 7.23. The van der Waals surface area contributed by atoms with E-state index < -0.39 is 10.0 Å². The van der Waals surface area contributed by atoms with Crippen molar-refractivity contribution in [3.63, 3.8) is 0 Å². The van der Waals surface area contributed by atoms with Gasteiger partial charge in [0.2, 0.25) is 5.95 Å². The van der Waals surface area contributed by atoms with Gasteiger partial charge in [0.05, 0.1) is 29.0 Å². The molecule has 31 heavy (non-hydrogen) atoms. The van der Waals surface area contributed by atoms with E-state index in [-0.39, 0.29) is 17.3 Å². The Morgan fingerprint density at radius 3 is 2.68 bits per heavy atom. The summed E-state index contributed by atoms with van der Waals surface area (Å²) in [6.45, 7) is 0.680. The van der Waals surface area contributed by atoms with Crippen molar-refractivity contribution in [3.8, 4) is 0 Å². The van der Waals surface area contributed by atoms with Crippen LogP contribution in [0.3, 0.4) is 0 Å². The number of fused-ring (bicyclic) bond motifs is 1. The molecule has 0 atom stereocenters. The fraction of sp³-hybridized carbons (Fsp3) is 0.273. The van der Waals surface area contributed by atoms with Gasteiger partial charge < -0.3 is 14.8 Å². The minimum atomic E-state index is -3.75. The van der Waals surface area contributed by atoms with E-state index in [0.717, 1.165) is 17.2 Å². The SMILES string of the molecule is CN(C)c1ncc(CNC(=O)c2cccc(S(=O)(=O)N3CCc4ccccc43)c2)n1C. The highest BCUT2D eigenvalue weighted by atomic mass is 32.2. The average molecular weight is 440 g/mol. The van der Waals surface area contributed by atoms with Crippen LogP contribution in [0.5, 0.6) is 0 Å². The normalized spacial score (nSPS) is 13.2. The fourth-order valence-corrected chi connectivity index (χ4v) is 5.32. The van der Waals surface area contributed by atoms with Gasteiger partial charge in [0, 0.05) is 33.3 Å². The monoisotopic (exact) mass is 439 g/mol. The lowest BCUT2D eigenvalue weighted by Crippen LogP contribution is -2.29. The van der Waals surface area contributed by atoms with Crippen LogP contribution in [-0.2, 0) is 30.0 Å². The molecule has 162 valence electrons. The molecule has 3 aromatic rings. The molecule has 1 amide bonds. The number of aromatic nitrogens is 2. The largest absolute Gasteiger partial charge is 0.348 e. The van der Waals surface area contributed by atoms with Crippen LogP contribution in [0.2, 0.25) is 0 Å². The van der Waals surface area contributed by atoms with Crippen LogP contribution in [0.4, 0.5) is 11.6 Å². The summed E-state index contributed by atoms with van der Waals surface area (Å²) in [4.78, 5) is 19.0. The van der Waals surface area contributed by atoms with Gasteiger partial charge in [0.15, 0.2) is 0 Å².